The predicted molar refractivity (Wildman–Crippen MR) is 120 cm³/mol. The summed E-state index contributed by atoms with van der Waals surface area (Å²) in [4.78, 5) is 1.90. The van der Waals surface area contributed by atoms with Gasteiger partial charge < -0.3 is 24.1 Å². The van der Waals surface area contributed by atoms with E-state index in [1.165, 1.54) is 6.07 Å². The number of aliphatic hydroxyl groups excluding tert-OH is 1. The molecule has 0 aliphatic carbocycles. The fraction of sp³-hybridized carbons (Fsp3) is 0.417. The first kappa shape index (κ1) is 25.4. The van der Waals surface area contributed by atoms with Gasteiger partial charge in [-0.2, -0.15) is 8.78 Å². The van der Waals surface area contributed by atoms with Crippen molar-refractivity contribution < 1.29 is 32.8 Å². The van der Waals surface area contributed by atoms with Gasteiger partial charge in [-0.1, -0.05) is 24.3 Å². The van der Waals surface area contributed by atoms with Crippen LogP contribution in [-0.4, -0.2) is 56.6 Å². The van der Waals surface area contributed by atoms with E-state index < -0.39 is 12.7 Å². The van der Waals surface area contributed by atoms with Crippen LogP contribution >= 0.6 is 0 Å². The van der Waals surface area contributed by atoms with Gasteiger partial charge in [0.05, 0.1) is 13.7 Å². The third-order valence-electron chi connectivity index (χ3n) is 4.48. The molecule has 32 heavy (non-hydrogen) atoms. The maximum Gasteiger partial charge on any atom is 0.387 e. The Bertz CT molecular complexity index is 875. The zero-order chi connectivity index (χ0) is 23.5. The molecule has 0 saturated carbocycles. The van der Waals surface area contributed by atoms with Crippen LogP contribution < -0.4 is 18.9 Å². The lowest BCUT2D eigenvalue weighted by Crippen LogP contribution is -2.32. The van der Waals surface area contributed by atoms with Gasteiger partial charge in [0.15, 0.2) is 23.0 Å². The number of hydrogen-bond acceptors (Lipinski definition) is 6. The number of hydrogen-bond donors (Lipinski definition) is 1. The summed E-state index contributed by atoms with van der Waals surface area (Å²) in [7, 11) is 3.42. The Hall–Kier alpha value is -2.84. The zero-order valence-electron chi connectivity index (χ0n) is 18.9. The minimum atomic E-state index is -2.92. The summed E-state index contributed by atoms with van der Waals surface area (Å²) in [6.07, 6.45) is 3.15. The molecule has 2 aromatic rings. The molecule has 176 valence electrons. The molecule has 0 bridgehead atoms. The first-order valence-corrected chi connectivity index (χ1v) is 10.4. The predicted octanol–water partition coefficient (Wildman–Crippen LogP) is 4.60. The van der Waals surface area contributed by atoms with E-state index in [1.807, 2.05) is 49.2 Å². The van der Waals surface area contributed by atoms with Crippen LogP contribution in [0.25, 0.3) is 6.08 Å². The van der Waals surface area contributed by atoms with Crippen molar-refractivity contribution in [1.29, 1.82) is 0 Å². The number of rotatable bonds is 13. The monoisotopic (exact) mass is 451 g/mol. The van der Waals surface area contributed by atoms with Gasteiger partial charge in [-0.15, -0.1) is 0 Å². The Morgan fingerprint density at radius 2 is 1.78 bits per heavy atom. The second-order valence-electron chi connectivity index (χ2n) is 7.16. The van der Waals surface area contributed by atoms with E-state index in [-0.39, 0.29) is 18.1 Å². The molecule has 0 amide bonds. The fourth-order valence-corrected chi connectivity index (χ4v) is 3.19. The fourth-order valence-electron chi connectivity index (χ4n) is 3.19. The lowest BCUT2D eigenvalue weighted by molar-refractivity contribution is -0.0514. The average molecular weight is 452 g/mol. The molecule has 2 aromatic carbocycles. The smallest absolute Gasteiger partial charge is 0.387 e. The molecule has 0 aromatic heterocycles. The molecule has 0 fully saturated rings. The minimum Gasteiger partial charge on any atom is -0.493 e. The summed E-state index contributed by atoms with van der Waals surface area (Å²) in [6, 6.07) is 10.4. The van der Waals surface area contributed by atoms with Crippen LogP contribution in [0.15, 0.2) is 42.5 Å². The lowest BCUT2D eigenvalue weighted by atomic mass is 10.2. The van der Waals surface area contributed by atoms with E-state index in [4.69, 9.17) is 14.2 Å². The van der Waals surface area contributed by atoms with Crippen molar-refractivity contribution in [3.63, 3.8) is 0 Å². The van der Waals surface area contributed by atoms with E-state index in [9.17, 15) is 13.9 Å². The third-order valence-corrected chi connectivity index (χ3v) is 4.48. The van der Waals surface area contributed by atoms with Crippen molar-refractivity contribution in [2.75, 3.05) is 33.9 Å². The molecule has 0 spiro atoms. The largest absolute Gasteiger partial charge is 0.493 e. The molecule has 1 unspecified atom stereocenters. The van der Waals surface area contributed by atoms with Crippen molar-refractivity contribution in [3.8, 4) is 23.0 Å². The van der Waals surface area contributed by atoms with Crippen molar-refractivity contribution in [3.05, 3.63) is 53.6 Å². The number of allylic oxidation sites excluding steroid dienone is 1. The first-order valence-electron chi connectivity index (χ1n) is 10.4. The summed E-state index contributed by atoms with van der Waals surface area (Å²) in [6.45, 7) is 2.03. The second-order valence-corrected chi connectivity index (χ2v) is 7.16. The van der Waals surface area contributed by atoms with Gasteiger partial charge in [0.25, 0.3) is 0 Å². The van der Waals surface area contributed by atoms with Crippen LogP contribution in [-0.2, 0) is 6.54 Å². The maximum atomic E-state index is 12.6. The molecule has 0 aliphatic heterocycles. The quantitative estimate of drug-likeness (QED) is 0.480. The van der Waals surface area contributed by atoms with Crippen molar-refractivity contribution >= 4 is 6.08 Å². The minimum absolute atomic E-state index is 0.00363. The van der Waals surface area contributed by atoms with Gasteiger partial charge in [-0.25, -0.2) is 0 Å². The lowest BCUT2D eigenvalue weighted by Gasteiger charge is -2.22. The molecular weight excluding hydrogens is 420 g/mol. The van der Waals surface area contributed by atoms with Crippen LogP contribution in [0.5, 0.6) is 23.0 Å². The molecule has 0 saturated heterocycles. The number of benzene rings is 2. The molecule has 1 atom stereocenters. The van der Waals surface area contributed by atoms with Crippen LogP contribution in [0.3, 0.4) is 0 Å². The molecule has 6 nitrogen and oxygen atoms in total. The molecule has 8 heteroatoms. The zero-order valence-corrected chi connectivity index (χ0v) is 18.9. The van der Waals surface area contributed by atoms with Crippen LogP contribution in [0.4, 0.5) is 8.78 Å². The average Bonchev–Trinajstić information content (AvgIpc) is 2.74. The SMILES string of the molecule is CC=Cc1ccc(OCC(O)CN(C)Cc2ccc(OC(F)F)c(OCC)c2)c(OC)c1. The topological polar surface area (TPSA) is 60.4 Å². The van der Waals surface area contributed by atoms with E-state index in [2.05, 4.69) is 4.74 Å². The van der Waals surface area contributed by atoms with Gasteiger partial charge in [0.1, 0.15) is 12.7 Å². The molecular formula is C24H31F2NO5. The second kappa shape index (κ2) is 12.9. The van der Waals surface area contributed by atoms with E-state index in [1.54, 1.807) is 26.2 Å². The van der Waals surface area contributed by atoms with E-state index >= 15 is 0 Å². The summed E-state index contributed by atoms with van der Waals surface area (Å²) in [5.74, 6) is 1.40. The molecule has 2 rings (SSSR count). The maximum absolute atomic E-state index is 12.6. The van der Waals surface area contributed by atoms with Gasteiger partial charge >= 0.3 is 6.61 Å². The van der Waals surface area contributed by atoms with Gasteiger partial charge in [0, 0.05) is 13.1 Å². The van der Waals surface area contributed by atoms with Gasteiger partial charge in [0.2, 0.25) is 0 Å². The van der Waals surface area contributed by atoms with Gasteiger partial charge in [-0.05, 0) is 56.3 Å². The number of nitrogens with zero attached hydrogens (tertiary/aromatic N) is 1. The Labute approximate surface area is 188 Å². The third kappa shape index (κ3) is 8.01. The van der Waals surface area contributed by atoms with Crippen molar-refractivity contribution in [1.82, 2.24) is 4.90 Å². The summed E-state index contributed by atoms with van der Waals surface area (Å²) in [5, 5.41) is 10.4. The summed E-state index contributed by atoms with van der Waals surface area (Å²) >= 11 is 0. The highest BCUT2D eigenvalue weighted by atomic mass is 19.3. The summed E-state index contributed by atoms with van der Waals surface area (Å²) < 4.78 is 46.1. The van der Waals surface area contributed by atoms with Crippen LogP contribution in [0.1, 0.15) is 25.0 Å². The Balaban J connectivity index is 1.92. The number of methoxy groups -OCH3 is 1. The highest BCUT2D eigenvalue weighted by molar-refractivity contribution is 5.55. The van der Waals surface area contributed by atoms with E-state index in [0.717, 1.165) is 11.1 Å². The highest BCUT2D eigenvalue weighted by Gasteiger charge is 2.15. The number of halogens is 2. The number of aliphatic hydroxyl groups is 1. The number of ether oxygens (including phenoxy) is 4. The molecule has 0 aliphatic rings. The van der Waals surface area contributed by atoms with Gasteiger partial charge in [-0.3, -0.25) is 4.90 Å². The first-order chi connectivity index (χ1) is 15.4. The van der Waals surface area contributed by atoms with E-state index in [0.29, 0.717) is 31.2 Å². The Morgan fingerprint density at radius 1 is 1.03 bits per heavy atom. The van der Waals surface area contributed by atoms with Crippen molar-refractivity contribution in [2.45, 2.75) is 33.1 Å². The van der Waals surface area contributed by atoms with Crippen molar-refractivity contribution in [2.24, 2.45) is 0 Å². The molecule has 0 heterocycles. The Morgan fingerprint density at radius 3 is 2.44 bits per heavy atom. The van der Waals surface area contributed by atoms with Crippen LogP contribution in [0, 0.1) is 0 Å². The number of likely N-dealkylation sites (N-methyl/N-ethyl adjacent to an activating group) is 1. The number of alkyl halides is 2. The molecule has 1 N–H and O–H groups in total. The Kier molecular flexibility index (Phi) is 10.2. The molecule has 0 radical (unpaired) electrons. The standard InChI is InChI=1S/C24H31F2NO5/c1-5-7-17-8-10-20(22(12-17)29-4)31-16-19(28)15-27(3)14-18-9-11-21(32-24(25)26)23(13-18)30-6-2/h5,7-13,19,24,28H,6,14-16H2,1-4H3. The highest BCUT2D eigenvalue weighted by Crippen LogP contribution is 2.31. The summed E-state index contributed by atoms with van der Waals surface area (Å²) in [5.41, 5.74) is 1.83. The normalized spacial score (nSPS) is 12.4. The van der Waals surface area contributed by atoms with Crippen LogP contribution in [0.2, 0.25) is 0 Å².